The van der Waals surface area contributed by atoms with E-state index in [-0.39, 0.29) is 5.95 Å². The van der Waals surface area contributed by atoms with Gasteiger partial charge in [0.25, 0.3) is 11.8 Å². The number of hydrazine groups is 1. The molecule has 36 heavy (non-hydrogen) atoms. The van der Waals surface area contributed by atoms with Crippen molar-refractivity contribution in [2.24, 2.45) is 0 Å². The highest BCUT2D eigenvalue weighted by molar-refractivity contribution is 6.25. The van der Waals surface area contributed by atoms with E-state index in [1.165, 1.54) is 0 Å². The number of carbonyl (C=O) groups is 2. The first-order valence-corrected chi connectivity index (χ1v) is 12.4. The molecule has 0 bridgehead atoms. The van der Waals surface area contributed by atoms with Gasteiger partial charge in [-0.1, -0.05) is 31.2 Å². The average molecular weight is 489 g/mol. The molecule has 0 spiro atoms. The van der Waals surface area contributed by atoms with Crippen molar-refractivity contribution in [2.45, 2.75) is 6.92 Å². The van der Waals surface area contributed by atoms with Crippen LogP contribution in [-0.2, 0) is 4.74 Å². The summed E-state index contributed by atoms with van der Waals surface area (Å²) in [5, 5.41) is 2.54. The summed E-state index contributed by atoms with van der Waals surface area (Å²) in [7, 11) is 0. The molecular weight excluding hydrogens is 460 g/mol. The highest BCUT2D eigenvalue weighted by Gasteiger charge is 2.34. The number of aromatic nitrogens is 3. The zero-order valence-corrected chi connectivity index (χ0v) is 20.2. The Labute approximate surface area is 208 Å². The maximum absolute atomic E-state index is 13.4. The summed E-state index contributed by atoms with van der Waals surface area (Å²) in [5.74, 6) is 0.325. The average Bonchev–Trinajstić information content (AvgIpc) is 2.94. The Kier molecular flexibility index (Phi) is 5.86. The van der Waals surface area contributed by atoms with E-state index in [9.17, 15) is 9.59 Å². The summed E-state index contributed by atoms with van der Waals surface area (Å²) in [4.78, 5) is 47.3. The number of carbonyl (C=O) groups excluding carboxylic acids is 2. The van der Waals surface area contributed by atoms with Crippen molar-refractivity contribution in [2.75, 3.05) is 74.3 Å². The van der Waals surface area contributed by atoms with Crippen LogP contribution in [0.15, 0.2) is 36.4 Å². The van der Waals surface area contributed by atoms with Gasteiger partial charge in [0, 0.05) is 44.7 Å². The van der Waals surface area contributed by atoms with Gasteiger partial charge in [-0.2, -0.15) is 20.0 Å². The van der Waals surface area contributed by atoms with Gasteiger partial charge in [0.2, 0.25) is 17.8 Å². The predicted molar refractivity (Wildman–Crippen MR) is 135 cm³/mol. The molecule has 0 unspecified atom stereocenters. The summed E-state index contributed by atoms with van der Waals surface area (Å²) in [6, 6.07) is 10.9. The first-order chi connectivity index (χ1) is 17.6. The number of rotatable bonds is 5. The molecule has 0 saturated carbocycles. The smallest absolute Gasteiger partial charge is 0.280 e. The van der Waals surface area contributed by atoms with E-state index in [2.05, 4.69) is 32.1 Å². The number of anilines is 3. The van der Waals surface area contributed by atoms with Crippen LogP contribution in [0.3, 0.4) is 0 Å². The van der Waals surface area contributed by atoms with Crippen LogP contribution in [0.25, 0.3) is 10.8 Å². The van der Waals surface area contributed by atoms with Crippen molar-refractivity contribution in [3.63, 3.8) is 0 Å². The molecule has 1 N–H and O–H groups in total. The third kappa shape index (κ3) is 3.99. The van der Waals surface area contributed by atoms with Crippen molar-refractivity contribution in [1.82, 2.24) is 24.9 Å². The Balaban J connectivity index is 1.34. The summed E-state index contributed by atoms with van der Waals surface area (Å²) < 4.78 is 5.49. The number of morpholine rings is 1. The topological polar surface area (TPSA) is 107 Å². The van der Waals surface area contributed by atoms with E-state index in [1.807, 2.05) is 29.2 Å². The van der Waals surface area contributed by atoms with Crippen molar-refractivity contribution in [3.8, 4) is 0 Å². The lowest BCUT2D eigenvalue weighted by molar-refractivity contribution is 0.0647. The number of nitrogens with zero attached hydrogens (tertiary/aromatic N) is 7. The van der Waals surface area contributed by atoms with Gasteiger partial charge in [-0.3, -0.25) is 15.0 Å². The van der Waals surface area contributed by atoms with Crippen molar-refractivity contribution < 1.29 is 14.3 Å². The molecular formula is C25H28N8O3. The van der Waals surface area contributed by atoms with Crippen LogP contribution in [0.5, 0.6) is 0 Å². The Hall–Kier alpha value is -3.83. The minimum atomic E-state index is -0.434. The molecule has 3 aromatic rings. The zero-order valence-electron chi connectivity index (χ0n) is 20.2. The van der Waals surface area contributed by atoms with Crippen molar-refractivity contribution in [3.05, 3.63) is 47.5 Å². The van der Waals surface area contributed by atoms with Gasteiger partial charge in [-0.25, -0.2) is 0 Å². The molecule has 0 aliphatic carbocycles. The molecule has 6 rings (SSSR count). The van der Waals surface area contributed by atoms with Gasteiger partial charge < -0.3 is 19.4 Å². The predicted octanol–water partition coefficient (Wildman–Crippen LogP) is 1.63. The number of likely N-dealkylation sites (N-methyl/N-ethyl adjacent to an activating group) is 1. The standard InChI is InChI=1S/C25H28N8O3/c1-2-30-9-11-31(12-10-30)24-26-23(27-25(28-24)32-13-15-36-16-14-32)29-33-21(34)18-7-3-5-17-6-4-8-19(20(17)18)22(33)35/h3-8H,2,9-16H2,1H3,(H,26,27,28,29). The fourth-order valence-electron chi connectivity index (χ4n) is 4.95. The van der Waals surface area contributed by atoms with E-state index in [0.717, 1.165) is 43.1 Å². The van der Waals surface area contributed by atoms with Crippen LogP contribution in [-0.4, -0.2) is 95.7 Å². The second kappa shape index (κ2) is 9.32. The van der Waals surface area contributed by atoms with Gasteiger partial charge in [-0.15, -0.1) is 0 Å². The highest BCUT2D eigenvalue weighted by atomic mass is 16.5. The number of hydrogen-bond donors (Lipinski definition) is 1. The Morgan fingerprint density at radius 3 is 1.97 bits per heavy atom. The molecule has 2 fully saturated rings. The van der Waals surface area contributed by atoms with Crippen molar-refractivity contribution >= 4 is 40.4 Å². The molecule has 0 atom stereocenters. The lowest BCUT2D eigenvalue weighted by atomic mass is 9.95. The lowest BCUT2D eigenvalue weighted by Gasteiger charge is -2.35. The van der Waals surface area contributed by atoms with Gasteiger partial charge in [0.15, 0.2) is 0 Å². The molecule has 2 saturated heterocycles. The van der Waals surface area contributed by atoms with E-state index in [1.54, 1.807) is 12.1 Å². The second-order valence-electron chi connectivity index (χ2n) is 9.05. The normalized spacial score (nSPS) is 18.8. The quantitative estimate of drug-likeness (QED) is 0.533. The molecule has 1 aromatic heterocycles. The summed E-state index contributed by atoms with van der Waals surface area (Å²) in [6.07, 6.45) is 0. The highest BCUT2D eigenvalue weighted by Crippen LogP contribution is 2.30. The monoisotopic (exact) mass is 488 g/mol. The summed E-state index contributed by atoms with van der Waals surface area (Å²) in [5.41, 5.74) is 3.85. The van der Waals surface area contributed by atoms with E-state index in [4.69, 9.17) is 9.72 Å². The number of piperazine rings is 1. The minimum Gasteiger partial charge on any atom is -0.378 e. The molecule has 11 heteroatoms. The van der Waals surface area contributed by atoms with Gasteiger partial charge >= 0.3 is 0 Å². The maximum atomic E-state index is 13.4. The maximum Gasteiger partial charge on any atom is 0.280 e. The lowest BCUT2D eigenvalue weighted by Crippen LogP contribution is -2.47. The molecule has 3 aliphatic heterocycles. The van der Waals surface area contributed by atoms with Gasteiger partial charge in [0.1, 0.15) is 0 Å². The molecule has 2 aromatic carbocycles. The van der Waals surface area contributed by atoms with Crippen LogP contribution in [0.2, 0.25) is 0 Å². The largest absolute Gasteiger partial charge is 0.378 e. The first kappa shape index (κ1) is 22.6. The fourth-order valence-corrected chi connectivity index (χ4v) is 4.95. The molecule has 3 aliphatic rings. The molecule has 2 amide bonds. The van der Waals surface area contributed by atoms with Crippen LogP contribution in [0.1, 0.15) is 27.6 Å². The third-order valence-electron chi connectivity index (χ3n) is 6.99. The molecule has 11 nitrogen and oxygen atoms in total. The number of ether oxygens (including phenoxy) is 1. The van der Waals surface area contributed by atoms with Crippen LogP contribution in [0.4, 0.5) is 17.8 Å². The Bertz CT molecular complexity index is 1270. The minimum absolute atomic E-state index is 0.160. The van der Waals surface area contributed by atoms with Crippen LogP contribution < -0.4 is 15.2 Å². The third-order valence-corrected chi connectivity index (χ3v) is 6.99. The van der Waals surface area contributed by atoms with Gasteiger partial charge in [0.05, 0.1) is 24.3 Å². The van der Waals surface area contributed by atoms with Crippen LogP contribution >= 0.6 is 0 Å². The first-order valence-electron chi connectivity index (χ1n) is 12.4. The number of benzene rings is 2. The van der Waals surface area contributed by atoms with E-state index >= 15 is 0 Å². The molecule has 186 valence electrons. The summed E-state index contributed by atoms with van der Waals surface area (Å²) in [6.45, 7) is 9.06. The van der Waals surface area contributed by atoms with Crippen molar-refractivity contribution in [1.29, 1.82) is 0 Å². The molecule has 0 radical (unpaired) electrons. The van der Waals surface area contributed by atoms with E-state index in [0.29, 0.717) is 54.7 Å². The number of hydrogen-bond acceptors (Lipinski definition) is 10. The summed E-state index contributed by atoms with van der Waals surface area (Å²) >= 11 is 0. The van der Waals surface area contributed by atoms with Gasteiger partial charge in [-0.05, 0) is 24.1 Å². The second-order valence-corrected chi connectivity index (χ2v) is 9.05. The molecule has 4 heterocycles. The Morgan fingerprint density at radius 2 is 1.39 bits per heavy atom. The number of imide groups is 1. The van der Waals surface area contributed by atoms with Crippen LogP contribution in [0, 0.1) is 0 Å². The number of nitrogens with one attached hydrogen (secondary N) is 1. The van der Waals surface area contributed by atoms with E-state index < -0.39 is 11.8 Å². The SMILES string of the molecule is CCN1CCN(c2nc(NN3C(=O)c4cccc5cccc(c45)C3=O)nc(N3CCOCC3)n2)CC1. The fraction of sp³-hybridized carbons (Fsp3) is 0.400. The Morgan fingerprint density at radius 1 is 0.806 bits per heavy atom. The number of amides is 2. The zero-order chi connectivity index (χ0) is 24.6.